The molecule has 348 valence electrons. The number of hydrogen-bond acceptors (Lipinski definition) is 0. The minimum Gasteiger partial charge on any atom is -0.0985 e. The molecule has 0 heterocycles. The number of unbranched alkanes of at least 4 members (excludes halogenated alkanes) is 6. The van der Waals surface area contributed by atoms with Gasteiger partial charge in [-0.2, -0.15) is 0 Å². The van der Waals surface area contributed by atoms with E-state index >= 15 is 0 Å². The number of benzene rings is 8. The lowest BCUT2D eigenvalue weighted by Gasteiger charge is -2.33. The third-order valence-corrected chi connectivity index (χ3v) is 15.5. The molecule has 69 heavy (non-hydrogen) atoms. The number of hydrogen-bond donors (Lipinski definition) is 0. The van der Waals surface area contributed by atoms with E-state index in [-0.39, 0.29) is 5.41 Å². The largest absolute Gasteiger partial charge is 0.0985 e. The van der Waals surface area contributed by atoms with Crippen LogP contribution in [0.4, 0.5) is 0 Å². The topological polar surface area (TPSA) is 0 Å². The molecule has 0 saturated carbocycles. The van der Waals surface area contributed by atoms with Crippen LogP contribution in [0.1, 0.15) is 119 Å². The SMILES string of the molecule is Brc1ccc2c(c1)C(c1ccccc1)c1ccccc1-2.C=Cc1ccc(CCCCCCBr)cc1.C=Cc1ccc(CCCCCCC2(c3ccccc3)c3ccccc3-c3ccc(Br)cc32)cc1. The Kier molecular flexibility index (Phi) is 18.1. The van der Waals surface area contributed by atoms with E-state index in [2.05, 4.69) is 255 Å². The van der Waals surface area contributed by atoms with Crippen LogP contribution in [-0.4, -0.2) is 5.33 Å². The zero-order valence-corrected chi connectivity index (χ0v) is 44.5. The fourth-order valence-corrected chi connectivity index (χ4v) is 11.6. The van der Waals surface area contributed by atoms with Gasteiger partial charge in [0.1, 0.15) is 0 Å². The molecule has 0 N–H and O–H groups in total. The standard InChI is InChI=1S/C33H31Br.C19H13Br.C14H19Br/c1-2-25-17-19-26(20-18-25)12-6-3-4-11-23-33(27-13-7-5-8-14-27)31-16-10-9-15-29(31)30-22-21-28(34)24-32(30)33;20-14-10-11-16-15-8-4-5-9-17(15)19(18(16)12-14)13-6-2-1-3-7-13;1-2-13-8-10-14(11-9-13)7-5-3-4-6-12-15/h2,5,7-10,13-22,24H,1,3-4,6,11-12,23H2;1-12,19H;2,8-11H,1,3-7,12H2. The van der Waals surface area contributed by atoms with Gasteiger partial charge >= 0.3 is 0 Å². The molecule has 10 rings (SSSR count). The van der Waals surface area contributed by atoms with Crippen molar-refractivity contribution in [2.75, 3.05) is 5.33 Å². The summed E-state index contributed by atoms with van der Waals surface area (Å²) in [6.07, 6.45) is 17.6. The second-order valence-electron chi connectivity index (χ2n) is 18.3. The summed E-state index contributed by atoms with van der Waals surface area (Å²) >= 11 is 10.8. The Morgan fingerprint density at radius 1 is 0.420 bits per heavy atom. The Balaban J connectivity index is 0.000000155. The molecular weight excluding hydrogens is 1030 g/mol. The number of fused-ring (bicyclic) bond motifs is 6. The van der Waals surface area contributed by atoms with Crippen LogP contribution in [0.25, 0.3) is 34.4 Å². The van der Waals surface area contributed by atoms with Crippen LogP contribution in [0.3, 0.4) is 0 Å². The Labute approximate surface area is 438 Å². The van der Waals surface area contributed by atoms with E-state index in [0.717, 1.165) is 27.1 Å². The molecule has 0 nitrogen and oxygen atoms in total. The molecule has 2 unspecified atom stereocenters. The maximum Gasteiger partial charge on any atom is 0.0464 e. The van der Waals surface area contributed by atoms with Crippen molar-refractivity contribution in [1.29, 1.82) is 0 Å². The molecule has 0 radical (unpaired) electrons. The minimum absolute atomic E-state index is 0.0858. The van der Waals surface area contributed by atoms with Gasteiger partial charge in [0.25, 0.3) is 0 Å². The summed E-state index contributed by atoms with van der Waals surface area (Å²) in [6, 6.07) is 70.6. The predicted molar refractivity (Wildman–Crippen MR) is 309 cm³/mol. The van der Waals surface area contributed by atoms with E-state index in [1.54, 1.807) is 0 Å². The highest BCUT2D eigenvalue weighted by molar-refractivity contribution is 9.10. The Bertz CT molecular complexity index is 2900. The molecule has 8 aromatic rings. The Morgan fingerprint density at radius 3 is 1.54 bits per heavy atom. The maximum absolute atomic E-state index is 3.85. The van der Waals surface area contributed by atoms with Gasteiger partial charge in [-0.3, -0.25) is 0 Å². The van der Waals surface area contributed by atoms with Gasteiger partial charge in [-0.05, 0) is 141 Å². The van der Waals surface area contributed by atoms with Crippen molar-refractivity contribution < 1.29 is 0 Å². The van der Waals surface area contributed by atoms with E-state index < -0.39 is 0 Å². The average Bonchev–Trinajstić information content (AvgIpc) is 3.87. The molecule has 2 atom stereocenters. The summed E-state index contributed by atoms with van der Waals surface area (Å²) in [7, 11) is 0. The summed E-state index contributed by atoms with van der Waals surface area (Å²) in [4.78, 5) is 0. The van der Waals surface area contributed by atoms with Gasteiger partial charge < -0.3 is 0 Å². The van der Waals surface area contributed by atoms with E-state index in [0.29, 0.717) is 5.92 Å². The maximum atomic E-state index is 3.85. The first kappa shape index (κ1) is 50.1. The normalized spacial score (nSPS) is 14.7. The molecule has 0 amide bonds. The monoisotopic (exact) mass is 1090 g/mol. The molecule has 3 heteroatoms. The van der Waals surface area contributed by atoms with Crippen LogP contribution in [0.5, 0.6) is 0 Å². The van der Waals surface area contributed by atoms with Crippen LogP contribution >= 0.6 is 47.8 Å². The number of rotatable bonds is 17. The summed E-state index contributed by atoms with van der Waals surface area (Å²) in [6.45, 7) is 7.60. The third-order valence-electron chi connectivity index (χ3n) is 14.0. The average molecular weight is 1100 g/mol. The molecule has 0 saturated heterocycles. The van der Waals surface area contributed by atoms with Crippen LogP contribution in [0.15, 0.2) is 216 Å². The zero-order chi connectivity index (χ0) is 47.8. The molecule has 0 aliphatic heterocycles. The minimum atomic E-state index is -0.0858. The molecule has 0 fully saturated rings. The van der Waals surface area contributed by atoms with Crippen LogP contribution < -0.4 is 0 Å². The molecule has 0 bridgehead atoms. The first-order chi connectivity index (χ1) is 33.9. The van der Waals surface area contributed by atoms with E-state index in [1.807, 2.05) is 12.2 Å². The van der Waals surface area contributed by atoms with E-state index in [4.69, 9.17) is 0 Å². The van der Waals surface area contributed by atoms with Crippen LogP contribution in [-0.2, 0) is 18.3 Å². The molecule has 0 spiro atoms. The van der Waals surface area contributed by atoms with Crippen LogP contribution in [0, 0.1) is 0 Å². The second kappa shape index (κ2) is 25.0. The van der Waals surface area contributed by atoms with Gasteiger partial charge in [0, 0.05) is 25.6 Å². The van der Waals surface area contributed by atoms with E-state index in [1.165, 1.54) is 136 Å². The number of alkyl halides is 1. The summed E-state index contributed by atoms with van der Waals surface area (Å²) in [5.74, 6) is 0.347. The molecule has 2 aliphatic rings. The highest BCUT2D eigenvalue weighted by Crippen LogP contribution is 2.55. The van der Waals surface area contributed by atoms with E-state index in [9.17, 15) is 0 Å². The van der Waals surface area contributed by atoms with Crippen molar-refractivity contribution in [3.8, 4) is 22.3 Å². The Hall–Kier alpha value is -5.32. The van der Waals surface area contributed by atoms with Crippen molar-refractivity contribution in [3.63, 3.8) is 0 Å². The first-order valence-electron chi connectivity index (χ1n) is 24.8. The van der Waals surface area contributed by atoms with Crippen molar-refractivity contribution in [1.82, 2.24) is 0 Å². The van der Waals surface area contributed by atoms with Crippen molar-refractivity contribution in [2.24, 2.45) is 0 Å². The summed E-state index contributed by atoms with van der Waals surface area (Å²) < 4.78 is 2.30. The summed E-state index contributed by atoms with van der Waals surface area (Å²) in [5, 5.41) is 1.14. The summed E-state index contributed by atoms with van der Waals surface area (Å²) in [5.41, 5.74) is 19.1. The smallest absolute Gasteiger partial charge is 0.0464 e. The predicted octanol–water partition coefficient (Wildman–Crippen LogP) is 20.0. The highest BCUT2D eigenvalue weighted by atomic mass is 79.9. The third kappa shape index (κ3) is 12.2. The number of halogens is 3. The van der Waals surface area contributed by atoms with Gasteiger partial charge in [-0.1, -0.05) is 275 Å². The van der Waals surface area contributed by atoms with Gasteiger partial charge in [0.05, 0.1) is 0 Å². The van der Waals surface area contributed by atoms with Gasteiger partial charge in [0.2, 0.25) is 0 Å². The molecule has 8 aromatic carbocycles. The van der Waals surface area contributed by atoms with Gasteiger partial charge in [-0.25, -0.2) is 0 Å². The fraction of sp³-hybridized carbons (Fsp3) is 0.212. The lowest BCUT2D eigenvalue weighted by Crippen LogP contribution is -2.27. The Morgan fingerprint density at radius 2 is 0.913 bits per heavy atom. The van der Waals surface area contributed by atoms with Crippen molar-refractivity contribution >= 4 is 59.9 Å². The zero-order valence-electron chi connectivity index (χ0n) is 39.7. The number of aryl methyl sites for hydroxylation is 2. The molecular formula is C66H63Br3. The first-order valence-corrected chi connectivity index (χ1v) is 27.5. The van der Waals surface area contributed by atoms with Gasteiger partial charge in [0.15, 0.2) is 0 Å². The fourth-order valence-electron chi connectivity index (χ4n) is 10.5. The quantitative estimate of drug-likeness (QED) is 0.0630. The highest BCUT2D eigenvalue weighted by Gasteiger charge is 2.44. The second-order valence-corrected chi connectivity index (χ2v) is 21.0. The van der Waals surface area contributed by atoms with Crippen molar-refractivity contribution in [3.05, 3.63) is 272 Å². The van der Waals surface area contributed by atoms with Gasteiger partial charge in [-0.15, -0.1) is 0 Å². The van der Waals surface area contributed by atoms with Crippen LogP contribution in [0.2, 0.25) is 0 Å². The molecule has 0 aromatic heterocycles. The van der Waals surface area contributed by atoms with Crippen molar-refractivity contribution in [2.45, 2.75) is 82.0 Å². The lowest BCUT2D eigenvalue weighted by atomic mass is 9.69. The lowest BCUT2D eigenvalue weighted by molar-refractivity contribution is 0.511. The molecule has 2 aliphatic carbocycles.